The summed E-state index contributed by atoms with van der Waals surface area (Å²) in [6.07, 6.45) is 0.410. The molecular weight excluding hydrogens is 308 g/mol. The van der Waals surface area contributed by atoms with Gasteiger partial charge in [-0.3, -0.25) is 19.3 Å². The summed E-state index contributed by atoms with van der Waals surface area (Å²) in [4.78, 5) is 38.3. The largest absolute Gasteiger partial charge is 0.340 e. The van der Waals surface area contributed by atoms with Crippen LogP contribution < -0.4 is 10.6 Å². The van der Waals surface area contributed by atoms with Gasteiger partial charge < -0.3 is 15.5 Å². The molecule has 3 amide bonds. The Bertz CT molecular complexity index is 592. The van der Waals surface area contributed by atoms with Gasteiger partial charge in [0.25, 0.3) is 0 Å². The van der Waals surface area contributed by atoms with Gasteiger partial charge in [0, 0.05) is 64.4 Å². The summed E-state index contributed by atoms with van der Waals surface area (Å²) in [5, 5.41) is 5.52. The highest BCUT2D eigenvalue weighted by molar-refractivity contribution is 5.92. The number of hydrogen-bond donors (Lipinski definition) is 2. The zero-order valence-corrected chi connectivity index (χ0v) is 14.2. The molecule has 1 heterocycles. The van der Waals surface area contributed by atoms with Crippen molar-refractivity contribution in [3.05, 3.63) is 24.3 Å². The Morgan fingerprint density at radius 1 is 0.917 bits per heavy atom. The van der Waals surface area contributed by atoms with Crippen molar-refractivity contribution >= 4 is 29.1 Å². The van der Waals surface area contributed by atoms with Crippen LogP contribution in [0.15, 0.2) is 24.3 Å². The molecule has 1 fully saturated rings. The van der Waals surface area contributed by atoms with Gasteiger partial charge in [-0.2, -0.15) is 0 Å². The molecule has 1 aromatic rings. The van der Waals surface area contributed by atoms with Crippen LogP contribution in [0.1, 0.15) is 20.3 Å². The van der Waals surface area contributed by atoms with Crippen LogP contribution in [0.25, 0.3) is 0 Å². The van der Waals surface area contributed by atoms with Crippen molar-refractivity contribution < 1.29 is 14.4 Å². The van der Waals surface area contributed by atoms with Gasteiger partial charge >= 0.3 is 0 Å². The van der Waals surface area contributed by atoms with Crippen molar-refractivity contribution in [1.29, 1.82) is 0 Å². The highest BCUT2D eigenvalue weighted by atomic mass is 16.2. The number of nitrogens with one attached hydrogen (secondary N) is 2. The number of amides is 3. The summed E-state index contributed by atoms with van der Waals surface area (Å²) in [5.41, 5.74) is 1.40. The minimum atomic E-state index is -0.128. The van der Waals surface area contributed by atoms with Crippen LogP contribution in [-0.4, -0.2) is 60.2 Å². The summed E-state index contributed by atoms with van der Waals surface area (Å²) in [6.45, 7) is 6.77. The summed E-state index contributed by atoms with van der Waals surface area (Å²) in [5.74, 6) is -0.0666. The van der Waals surface area contributed by atoms with E-state index < -0.39 is 0 Å². The Kier molecular flexibility index (Phi) is 6.31. The smallest absolute Gasteiger partial charge is 0.225 e. The lowest BCUT2D eigenvalue weighted by atomic mass is 10.2. The fraction of sp³-hybridized carbons (Fsp3) is 0.471. The molecule has 24 heavy (non-hydrogen) atoms. The number of rotatable bonds is 5. The second-order valence-electron chi connectivity index (χ2n) is 5.90. The molecule has 0 atom stereocenters. The topological polar surface area (TPSA) is 81.8 Å². The molecule has 0 bridgehead atoms. The molecule has 130 valence electrons. The van der Waals surface area contributed by atoms with E-state index in [-0.39, 0.29) is 17.7 Å². The fourth-order valence-corrected chi connectivity index (χ4v) is 2.61. The monoisotopic (exact) mass is 332 g/mol. The predicted octanol–water partition coefficient (Wildman–Crippen LogP) is 1.14. The molecule has 0 aliphatic carbocycles. The molecule has 7 heteroatoms. The van der Waals surface area contributed by atoms with Crippen molar-refractivity contribution in [2.24, 2.45) is 0 Å². The molecule has 1 aliphatic rings. The summed E-state index contributed by atoms with van der Waals surface area (Å²) < 4.78 is 0. The van der Waals surface area contributed by atoms with Crippen LogP contribution in [0.5, 0.6) is 0 Å². The van der Waals surface area contributed by atoms with E-state index in [0.717, 1.165) is 26.2 Å². The fourth-order valence-electron chi connectivity index (χ4n) is 2.61. The molecule has 1 saturated heterocycles. The van der Waals surface area contributed by atoms with Crippen LogP contribution >= 0.6 is 0 Å². The normalized spacial score (nSPS) is 15.0. The summed E-state index contributed by atoms with van der Waals surface area (Å²) >= 11 is 0. The van der Waals surface area contributed by atoms with Gasteiger partial charge in [0.05, 0.1) is 0 Å². The number of carbonyl (C=O) groups is 3. The first-order chi connectivity index (χ1) is 11.4. The van der Waals surface area contributed by atoms with Gasteiger partial charge in [0.1, 0.15) is 0 Å². The number of carbonyl (C=O) groups excluding carboxylic acids is 3. The summed E-state index contributed by atoms with van der Waals surface area (Å²) in [6, 6.07) is 7.01. The second-order valence-corrected chi connectivity index (χ2v) is 5.90. The van der Waals surface area contributed by atoms with E-state index in [9.17, 15) is 14.4 Å². The average molecular weight is 332 g/mol. The molecule has 1 aliphatic heterocycles. The molecule has 7 nitrogen and oxygen atoms in total. The lowest BCUT2D eigenvalue weighted by molar-refractivity contribution is -0.130. The molecule has 1 aromatic carbocycles. The molecule has 0 radical (unpaired) electrons. The van der Waals surface area contributed by atoms with E-state index in [4.69, 9.17) is 0 Å². The standard InChI is InChI=1S/C17H24N4O3/c1-13(22)18-15-3-5-16(6-4-15)19-17(24)7-8-20-9-11-21(12-10-20)14(2)23/h3-6H,7-12H2,1-2H3,(H,18,22)(H,19,24). The van der Waals surface area contributed by atoms with Crippen molar-refractivity contribution in [3.8, 4) is 0 Å². The van der Waals surface area contributed by atoms with Gasteiger partial charge in [0.15, 0.2) is 0 Å². The van der Waals surface area contributed by atoms with Crippen LogP contribution in [0.4, 0.5) is 11.4 Å². The molecule has 0 unspecified atom stereocenters. The Morgan fingerprint density at radius 3 is 1.96 bits per heavy atom. The third-order valence-electron chi connectivity index (χ3n) is 3.96. The highest BCUT2D eigenvalue weighted by Gasteiger charge is 2.18. The zero-order valence-electron chi connectivity index (χ0n) is 14.2. The van der Waals surface area contributed by atoms with E-state index in [0.29, 0.717) is 24.3 Å². The van der Waals surface area contributed by atoms with E-state index in [1.54, 1.807) is 31.2 Å². The quantitative estimate of drug-likeness (QED) is 0.847. The first-order valence-corrected chi connectivity index (χ1v) is 8.09. The maximum absolute atomic E-state index is 12.0. The minimum absolute atomic E-state index is 0.0451. The number of hydrogen-bond acceptors (Lipinski definition) is 4. The van der Waals surface area contributed by atoms with Crippen LogP contribution in [-0.2, 0) is 14.4 Å². The maximum Gasteiger partial charge on any atom is 0.225 e. The maximum atomic E-state index is 12.0. The van der Waals surface area contributed by atoms with Crippen molar-refractivity contribution in [2.75, 3.05) is 43.4 Å². The Balaban J connectivity index is 1.72. The third-order valence-corrected chi connectivity index (χ3v) is 3.96. The van der Waals surface area contributed by atoms with E-state index >= 15 is 0 Å². The number of nitrogens with zero attached hydrogens (tertiary/aromatic N) is 2. The van der Waals surface area contributed by atoms with Crippen molar-refractivity contribution in [1.82, 2.24) is 9.80 Å². The predicted molar refractivity (Wildman–Crippen MR) is 92.7 cm³/mol. The van der Waals surface area contributed by atoms with E-state index in [1.807, 2.05) is 4.90 Å². The van der Waals surface area contributed by atoms with E-state index in [1.165, 1.54) is 6.92 Å². The minimum Gasteiger partial charge on any atom is -0.340 e. The highest BCUT2D eigenvalue weighted by Crippen LogP contribution is 2.14. The van der Waals surface area contributed by atoms with Gasteiger partial charge in [0.2, 0.25) is 17.7 Å². The van der Waals surface area contributed by atoms with Gasteiger partial charge in [-0.1, -0.05) is 0 Å². The Morgan fingerprint density at radius 2 is 1.46 bits per heavy atom. The van der Waals surface area contributed by atoms with Crippen LogP contribution in [0, 0.1) is 0 Å². The lowest BCUT2D eigenvalue weighted by Gasteiger charge is -2.34. The Hall–Kier alpha value is -2.41. The van der Waals surface area contributed by atoms with Crippen LogP contribution in [0.3, 0.4) is 0 Å². The van der Waals surface area contributed by atoms with Gasteiger partial charge in [-0.05, 0) is 24.3 Å². The van der Waals surface area contributed by atoms with E-state index in [2.05, 4.69) is 15.5 Å². The first-order valence-electron chi connectivity index (χ1n) is 8.09. The number of anilines is 2. The van der Waals surface area contributed by atoms with Crippen molar-refractivity contribution in [3.63, 3.8) is 0 Å². The van der Waals surface area contributed by atoms with Crippen molar-refractivity contribution in [2.45, 2.75) is 20.3 Å². The number of piperazine rings is 1. The molecule has 0 aromatic heterocycles. The van der Waals surface area contributed by atoms with Crippen LogP contribution in [0.2, 0.25) is 0 Å². The van der Waals surface area contributed by atoms with Gasteiger partial charge in [-0.25, -0.2) is 0 Å². The first kappa shape index (κ1) is 17.9. The lowest BCUT2D eigenvalue weighted by Crippen LogP contribution is -2.48. The number of benzene rings is 1. The second kappa shape index (κ2) is 8.44. The molecule has 0 spiro atoms. The Labute approximate surface area is 142 Å². The molecule has 2 N–H and O–H groups in total. The summed E-state index contributed by atoms with van der Waals surface area (Å²) in [7, 11) is 0. The SMILES string of the molecule is CC(=O)Nc1ccc(NC(=O)CCN2CCN(C(C)=O)CC2)cc1. The van der Waals surface area contributed by atoms with Gasteiger partial charge in [-0.15, -0.1) is 0 Å². The average Bonchev–Trinajstić information content (AvgIpc) is 2.54. The zero-order chi connectivity index (χ0) is 17.5. The third kappa shape index (κ3) is 5.66. The molecule has 2 rings (SSSR count). The molecular formula is C17H24N4O3. The molecule has 0 saturated carbocycles.